The fourth-order valence-electron chi connectivity index (χ4n) is 1.83. The molecule has 8 nitrogen and oxygen atoms in total. The number of hydrogen-bond donors (Lipinski definition) is 3. The Morgan fingerprint density at radius 3 is 2.79 bits per heavy atom. The van der Waals surface area contributed by atoms with Crippen molar-refractivity contribution in [3.8, 4) is 6.01 Å². The van der Waals surface area contributed by atoms with E-state index in [-0.39, 0.29) is 24.1 Å². The standard InChI is InChI=1S/C11H20N6O2/c1-3-5-19-11-15-9(14-10(16-11)17-12)13-8-4-6-18-7(8)2/h7-8H,3-6,12H2,1-2H3,(H2,13,14,15,16,17). The molecule has 1 aliphatic heterocycles. The number of nitrogen functional groups attached to an aromatic ring is 1. The van der Waals surface area contributed by atoms with Gasteiger partial charge in [-0.2, -0.15) is 15.0 Å². The lowest BCUT2D eigenvalue weighted by Gasteiger charge is -2.16. The lowest BCUT2D eigenvalue weighted by atomic mass is 10.2. The summed E-state index contributed by atoms with van der Waals surface area (Å²) in [6, 6.07) is 0.450. The van der Waals surface area contributed by atoms with Gasteiger partial charge in [-0.25, -0.2) is 5.84 Å². The highest BCUT2D eigenvalue weighted by molar-refractivity contribution is 5.36. The minimum Gasteiger partial charge on any atom is -0.463 e. The van der Waals surface area contributed by atoms with Crippen LogP contribution in [0.4, 0.5) is 11.9 Å². The Morgan fingerprint density at radius 2 is 2.16 bits per heavy atom. The Bertz CT molecular complexity index is 416. The molecule has 0 aliphatic carbocycles. The Balaban J connectivity index is 2.09. The molecule has 1 fully saturated rings. The van der Waals surface area contributed by atoms with Crippen LogP contribution >= 0.6 is 0 Å². The van der Waals surface area contributed by atoms with Gasteiger partial charge in [-0.15, -0.1) is 0 Å². The number of hydrazine groups is 1. The Labute approximate surface area is 112 Å². The van der Waals surface area contributed by atoms with E-state index in [1.165, 1.54) is 0 Å². The van der Waals surface area contributed by atoms with E-state index in [0.717, 1.165) is 19.4 Å². The summed E-state index contributed by atoms with van der Waals surface area (Å²) in [5.74, 6) is 6.06. The SMILES string of the molecule is CCCOc1nc(NN)nc(NC2CCOC2C)n1. The number of nitrogens with two attached hydrogens (primary N) is 1. The van der Waals surface area contributed by atoms with E-state index in [0.29, 0.717) is 12.6 Å². The van der Waals surface area contributed by atoms with Gasteiger partial charge in [0.1, 0.15) is 0 Å². The molecule has 2 unspecified atom stereocenters. The molecule has 2 atom stereocenters. The van der Waals surface area contributed by atoms with Crippen molar-refractivity contribution in [2.45, 2.75) is 38.8 Å². The second-order valence-corrected chi connectivity index (χ2v) is 4.37. The molecule has 2 rings (SSSR count). The van der Waals surface area contributed by atoms with Gasteiger partial charge in [0.05, 0.1) is 18.8 Å². The first-order valence-electron chi connectivity index (χ1n) is 6.46. The predicted octanol–water partition coefficient (Wildman–Crippen LogP) is 0.535. The number of rotatable bonds is 6. The quantitative estimate of drug-likeness (QED) is 0.507. The van der Waals surface area contributed by atoms with Crippen LogP contribution in [-0.2, 0) is 4.74 Å². The maximum Gasteiger partial charge on any atom is 0.323 e. The van der Waals surface area contributed by atoms with Crippen LogP contribution in [0.15, 0.2) is 0 Å². The highest BCUT2D eigenvalue weighted by atomic mass is 16.5. The van der Waals surface area contributed by atoms with E-state index in [1.54, 1.807) is 0 Å². The van der Waals surface area contributed by atoms with Crippen molar-refractivity contribution in [3.05, 3.63) is 0 Å². The zero-order chi connectivity index (χ0) is 13.7. The average Bonchev–Trinajstić information content (AvgIpc) is 2.81. The number of nitrogens with zero attached hydrogens (tertiary/aromatic N) is 3. The number of anilines is 2. The van der Waals surface area contributed by atoms with E-state index in [4.69, 9.17) is 15.3 Å². The normalized spacial score (nSPS) is 22.3. The fourth-order valence-corrected chi connectivity index (χ4v) is 1.83. The molecule has 0 radical (unpaired) electrons. The molecule has 8 heteroatoms. The Hall–Kier alpha value is -1.67. The summed E-state index contributed by atoms with van der Waals surface area (Å²) < 4.78 is 10.9. The Kier molecular flexibility index (Phi) is 4.69. The van der Waals surface area contributed by atoms with Crippen LogP contribution in [0.3, 0.4) is 0 Å². The minimum atomic E-state index is 0.131. The molecule has 1 saturated heterocycles. The fraction of sp³-hybridized carbons (Fsp3) is 0.727. The molecular formula is C11H20N6O2. The van der Waals surface area contributed by atoms with Crippen molar-refractivity contribution in [1.29, 1.82) is 0 Å². The molecular weight excluding hydrogens is 248 g/mol. The maximum absolute atomic E-state index is 5.48. The summed E-state index contributed by atoms with van der Waals surface area (Å²) >= 11 is 0. The van der Waals surface area contributed by atoms with Gasteiger partial charge < -0.3 is 14.8 Å². The van der Waals surface area contributed by atoms with E-state index < -0.39 is 0 Å². The highest BCUT2D eigenvalue weighted by Crippen LogP contribution is 2.18. The zero-order valence-corrected chi connectivity index (χ0v) is 11.2. The van der Waals surface area contributed by atoms with Crippen molar-refractivity contribution in [3.63, 3.8) is 0 Å². The second kappa shape index (κ2) is 6.48. The molecule has 106 valence electrons. The highest BCUT2D eigenvalue weighted by Gasteiger charge is 2.25. The van der Waals surface area contributed by atoms with E-state index in [9.17, 15) is 0 Å². The van der Waals surface area contributed by atoms with Crippen molar-refractivity contribution < 1.29 is 9.47 Å². The van der Waals surface area contributed by atoms with Crippen LogP contribution in [0.2, 0.25) is 0 Å². The monoisotopic (exact) mass is 268 g/mol. The molecule has 1 aliphatic rings. The first-order valence-corrected chi connectivity index (χ1v) is 6.46. The van der Waals surface area contributed by atoms with Crippen molar-refractivity contribution in [1.82, 2.24) is 15.0 Å². The van der Waals surface area contributed by atoms with Crippen LogP contribution < -0.4 is 21.3 Å². The Morgan fingerprint density at radius 1 is 1.37 bits per heavy atom. The lowest BCUT2D eigenvalue weighted by molar-refractivity contribution is 0.121. The summed E-state index contributed by atoms with van der Waals surface area (Å²) in [4.78, 5) is 12.4. The summed E-state index contributed by atoms with van der Waals surface area (Å²) in [5, 5.41) is 3.22. The second-order valence-electron chi connectivity index (χ2n) is 4.37. The van der Waals surface area contributed by atoms with Crippen LogP contribution in [0.5, 0.6) is 6.01 Å². The summed E-state index contributed by atoms with van der Waals surface area (Å²) in [6.45, 7) is 5.32. The van der Waals surface area contributed by atoms with Gasteiger partial charge in [0.25, 0.3) is 0 Å². The molecule has 0 saturated carbocycles. The van der Waals surface area contributed by atoms with Gasteiger partial charge in [-0.3, -0.25) is 5.43 Å². The summed E-state index contributed by atoms with van der Waals surface area (Å²) in [6.07, 6.45) is 1.93. The molecule has 2 heterocycles. The van der Waals surface area contributed by atoms with Gasteiger partial charge >= 0.3 is 6.01 Å². The first-order chi connectivity index (χ1) is 9.22. The molecule has 1 aromatic rings. The number of nitrogens with one attached hydrogen (secondary N) is 2. The van der Waals surface area contributed by atoms with E-state index >= 15 is 0 Å². The largest absolute Gasteiger partial charge is 0.463 e. The molecule has 0 amide bonds. The van der Waals surface area contributed by atoms with Gasteiger partial charge in [-0.1, -0.05) is 6.92 Å². The van der Waals surface area contributed by atoms with Crippen LogP contribution in [0.25, 0.3) is 0 Å². The van der Waals surface area contributed by atoms with Crippen LogP contribution in [0.1, 0.15) is 26.7 Å². The first kappa shape index (κ1) is 13.8. The van der Waals surface area contributed by atoms with E-state index in [2.05, 4.69) is 25.7 Å². The van der Waals surface area contributed by atoms with Gasteiger partial charge in [0.15, 0.2) is 0 Å². The predicted molar refractivity (Wildman–Crippen MR) is 70.9 cm³/mol. The lowest BCUT2D eigenvalue weighted by Crippen LogP contribution is -2.28. The molecule has 1 aromatic heterocycles. The summed E-state index contributed by atoms with van der Waals surface area (Å²) in [7, 11) is 0. The number of hydrogen-bond acceptors (Lipinski definition) is 8. The third-order valence-corrected chi connectivity index (χ3v) is 2.87. The summed E-state index contributed by atoms with van der Waals surface area (Å²) in [5.41, 5.74) is 2.41. The minimum absolute atomic E-state index is 0.131. The third-order valence-electron chi connectivity index (χ3n) is 2.87. The average molecular weight is 268 g/mol. The third kappa shape index (κ3) is 3.65. The molecule has 0 spiro atoms. The van der Waals surface area contributed by atoms with Crippen LogP contribution in [0, 0.1) is 0 Å². The molecule has 0 bridgehead atoms. The maximum atomic E-state index is 5.48. The van der Waals surface area contributed by atoms with Gasteiger partial charge in [-0.05, 0) is 19.8 Å². The van der Waals surface area contributed by atoms with E-state index in [1.807, 2.05) is 13.8 Å². The van der Waals surface area contributed by atoms with Gasteiger partial charge in [0.2, 0.25) is 11.9 Å². The molecule has 0 aromatic carbocycles. The molecule has 4 N–H and O–H groups in total. The smallest absolute Gasteiger partial charge is 0.323 e. The zero-order valence-electron chi connectivity index (χ0n) is 11.2. The number of aromatic nitrogens is 3. The van der Waals surface area contributed by atoms with Crippen molar-refractivity contribution >= 4 is 11.9 Å². The number of ether oxygens (including phenoxy) is 2. The van der Waals surface area contributed by atoms with Crippen molar-refractivity contribution in [2.75, 3.05) is 24.0 Å². The topological polar surface area (TPSA) is 107 Å². The van der Waals surface area contributed by atoms with Crippen molar-refractivity contribution in [2.24, 2.45) is 5.84 Å². The van der Waals surface area contributed by atoms with Gasteiger partial charge in [0, 0.05) is 6.61 Å². The molecule has 19 heavy (non-hydrogen) atoms. The van der Waals surface area contributed by atoms with Crippen LogP contribution in [-0.4, -0.2) is 40.3 Å².